The molecule has 2 aromatic heterocycles. The highest BCUT2D eigenvalue weighted by Gasteiger charge is 2.21. The molecule has 0 bridgehead atoms. The summed E-state index contributed by atoms with van der Waals surface area (Å²) in [6.07, 6.45) is 5.26. The Balaban J connectivity index is 1.55. The number of fused-ring (bicyclic) bond motifs is 1. The van der Waals surface area contributed by atoms with Crippen LogP contribution >= 0.6 is 0 Å². The molecule has 0 saturated carbocycles. The Labute approximate surface area is 141 Å². The Morgan fingerprint density at radius 1 is 1.08 bits per heavy atom. The number of rotatable bonds is 5. The van der Waals surface area contributed by atoms with Crippen molar-refractivity contribution < 1.29 is 5.11 Å². The summed E-state index contributed by atoms with van der Waals surface area (Å²) < 4.78 is 1.81. The molecule has 0 aliphatic heterocycles. The number of phenols is 1. The van der Waals surface area contributed by atoms with Crippen LogP contribution < -0.4 is 21.5 Å². The highest BCUT2D eigenvalue weighted by Crippen LogP contribution is 2.22. The van der Waals surface area contributed by atoms with Crippen molar-refractivity contribution >= 4 is 22.7 Å². The molecule has 7 heteroatoms. The Morgan fingerprint density at radius 2 is 1.92 bits per heavy atom. The molecule has 0 aliphatic rings. The van der Waals surface area contributed by atoms with Gasteiger partial charge in [-0.1, -0.05) is 12.1 Å². The molecule has 0 spiro atoms. The van der Waals surface area contributed by atoms with Crippen LogP contribution in [-0.2, 0) is 6.54 Å². The van der Waals surface area contributed by atoms with Gasteiger partial charge in [0, 0.05) is 25.1 Å². The average Bonchev–Trinajstić information content (AvgIpc) is 3.08. The van der Waals surface area contributed by atoms with Crippen molar-refractivity contribution in [1.82, 2.24) is 9.38 Å². The van der Waals surface area contributed by atoms with Crippen LogP contribution in [0.2, 0.25) is 0 Å². The molecule has 7 nitrogen and oxygen atoms in total. The van der Waals surface area contributed by atoms with E-state index in [4.69, 9.17) is 0 Å². The fourth-order valence-electron chi connectivity index (χ4n) is 2.67. The van der Waals surface area contributed by atoms with Gasteiger partial charge < -0.3 is 20.1 Å². The van der Waals surface area contributed by atoms with Gasteiger partial charge in [-0.05, 0) is 29.8 Å². The van der Waals surface area contributed by atoms with E-state index in [1.807, 2.05) is 16.5 Å². The fraction of sp³-hybridized carbons (Fsp3) is 0.0556. The normalized spacial score (nSPS) is 11.0. The fourth-order valence-corrected chi connectivity index (χ4v) is 2.67. The van der Waals surface area contributed by atoms with Crippen molar-refractivity contribution in [2.75, 3.05) is 10.6 Å². The predicted molar refractivity (Wildman–Crippen MR) is 95.3 cm³/mol. The van der Waals surface area contributed by atoms with Crippen LogP contribution in [0.4, 0.5) is 17.1 Å². The first-order valence-corrected chi connectivity index (χ1v) is 7.66. The number of pyridine rings is 1. The average molecular weight is 334 g/mol. The third-order valence-electron chi connectivity index (χ3n) is 3.95. The zero-order chi connectivity index (χ0) is 17.4. The number of imidazole rings is 1. The summed E-state index contributed by atoms with van der Waals surface area (Å²) in [5, 5.41) is 15.4. The minimum absolute atomic E-state index is 0.149. The summed E-state index contributed by atoms with van der Waals surface area (Å²) in [4.78, 5) is 27.9. The van der Waals surface area contributed by atoms with Gasteiger partial charge in [-0.15, -0.1) is 0 Å². The highest BCUT2D eigenvalue weighted by atomic mass is 16.3. The molecule has 2 aromatic carbocycles. The maximum absolute atomic E-state index is 11.9. The van der Waals surface area contributed by atoms with Crippen molar-refractivity contribution in [1.29, 1.82) is 0 Å². The van der Waals surface area contributed by atoms with Gasteiger partial charge in [0.2, 0.25) is 0 Å². The van der Waals surface area contributed by atoms with Crippen molar-refractivity contribution in [3.8, 4) is 5.75 Å². The van der Waals surface area contributed by atoms with Crippen LogP contribution in [0.15, 0.2) is 64.6 Å². The molecule has 0 fully saturated rings. The van der Waals surface area contributed by atoms with Gasteiger partial charge in [0.05, 0.1) is 5.69 Å². The first-order valence-electron chi connectivity index (χ1n) is 7.66. The summed E-state index contributed by atoms with van der Waals surface area (Å²) in [5.74, 6) is 0.149. The monoisotopic (exact) mass is 334 g/mol. The van der Waals surface area contributed by atoms with Crippen molar-refractivity contribution in [3.63, 3.8) is 0 Å². The van der Waals surface area contributed by atoms with Crippen LogP contribution in [-0.4, -0.2) is 14.5 Å². The maximum atomic E-state index is 11.9. The van der Waals surface area contributed by atoms with Crippen LogP contribution in [0.25, 0.3) is 5.65 Å². The molecule has 4 rings (SSSR count). The van der Waals surface area contributed by atoms with Crippen molar-refractivity contribution in [3.05, 3.63) is 81.0 Å². The molecular formula is C18H14N4O3. The largest absolute Gasteiger partial charge is 0.508 e. The van der Waals surface area contributed by atoms with Gasteiger partial charge in [-0.2, -0.15) is 0 Å². The molecule has 0 amide bonds. The summed E-state index contributed by atoms with van der Waals surface area (Å²) >= 11 is 0. The zero-order valence-corrected chi connectivity index (χ0v) is 13.1. The van der Waals surface area contributed by atoms with E-state index >= 15 is 0 Å². The minimum atomic E-state index is -0.552. The molecule has 0 unspecified atom stereocenters. The number of hydrogen-bond acceptors (Lipinski definition) is 6. The summed E-state index contributed by atoms with van der Waals surface area (Å²) in [6.45, 7) is 0.328. The summed E-state index contributed by atoms with van der Waals surface area (Å²) in [6, 6.07) is 10.3. The molecule has 0 aliphatic carbocycles. The van der Waals surface area contributed by atoms with E-state index < -0.39 is 10.9 Å². The highest BCUT2D eigenvalue weighted by molar-refractivity contribution is 5.78. The van der Waals surface area contributed by atoms with E-state index in [1.165, 1.54) is 0 Å². The lowest BCUT2D eigenvalue weighted by molar-refractivity contribution is 0.474. The van der Waals surface area contributed by atoms with E-state index in [9.17, 15) is 14.7 Å². The lowest BCUT2D eigenvalue weighted by Gasteiger charge is -2.15. The van der Waals surface area contributed by atoms with Gasteiger partial charge in [-0.3, -0.25) is 9.59 Å². The number of nitrogens with zero attached hydrogens (tertiary/aromatic N) is 2. The topological polar surface area (TPSA) is 95.7 Å². The molecule has 0 atom stereocenters. The maximum Gasteiger partial charge on any atom is 0.253 e. The number of aromatic nitrogens is 2. The van der Waals surface area contributed by atoms with Crippen molar-refractivity contribution in [2.24, 2.45) is 0 Å². The first-order chi connectivity index (χ1) is 12.1. The molecular weight excluding hydrogens is 320 g/mol. The molecule has 3 N–H and O–H groups in total. The second-order valence-corrected chi connectivity index (χ2v) is 5.67. The van der Waals surface area contributed by atoms with E-state index in [1.54, 1.807) is 42.9 Å². The summed E-state index contributed by atoms with van der Waals surface area (Å²) in [7, 11) is 0. The number of phenolic OH excluding ortho intramolecular Hbond substituents is 1. The molecule has 4 aromatic rings. The first kappa shape index (κ1) is 14.9. The number of aromatic hydroxyl groups is 1. The standard InChI is InChI=1S/C18H14N4O3/c23-13-3-1-2-11(8-13)9-20-15-16(18(25)17(15)24)21-12-4-5-14-19-6-7-22(14)10-12/h1-8,10,20-21,23H,9H2. The summed E-state index contributed by atoms with van der Waals surface area (Å²) in [5.41, 5.74) is 1.66. The van der Waals surface area contributed by atoms with Gasteiger partial charge in [-0.25, -0.2) is 4.98 Å². The quantitative estimate of drug-likeness (QED) is 0.483. The smallest absolute Gasteiger partial charge is 0.253 e. The lowest BCUT2D eigenvalue weighted by atomic mass is 10.1. The van der Waals surface area contributed by atoms with E-state index in [0.717, 1.165) is 11.2 Å². The van der Waals surface area contributed by atoms with Gasteiger partial charge >= 0.3 is 0 Å². The minimum Gasteiger partial charge on any atom is -0.508 e. The van der Waals surface area contributed by atoms with Crippen LogP contribution in [0.5, 0.6) is 5.75 Å². The van der Waals surface area contributed by atoms with Crippen LogP contribution in [0.1, 0.15) is 5.56 Å². The van der Waals surface area contributed by atoms with E-state index in [2.05, 4.69) is 15.6 Å². The molecule has 0 radical (unpaired) electrons. The van der Waals surface area contributed by atoms with E-state index in [0.29, 0.717) is 12.2 Å². The lowest BCUT2D eigenvalue weighted by Crippen LogP contribution is -2.36. The third-order valence-corrected chi connectivity index (χ3v) is 3.95. The van der Waals surface area contributed by atoms with Crippen LogP contribution in [0, 0.1) is 0 Å². The predicted octanol–water partition coefficient (Wildman–Crippen LogP) is 1.99. The Kier molecular flexibility index (Phi) is 3.46. The molecule has 124 valence electrons. The molecule has 2 heterocycles. The number of nitrogens with one attached hydrogen (secondary N) is 2. The SMILES string of the molecule is O=c1c(NCc2cccc(O)c2)c(Nc2ccc3nccn3c2)c1=O. The van der Waals surface area contributed by atoms with Crippen LogP contribution in [0.3, 0.4) is 0 Å². The Hall–Kier alpha value is -3.61. The number of hydrogen-bond donors (Lipinski definition) is 3. The second kappa shape index (κ2) is 5.79. The number of benzene rings is 1. The van der Waals surface area contributed by atoms with Gasteiger partial charge in [0.15, 0.2) is 0 Å². The second-order valence-electron chi connectivity index (χ2n) is 5.67. The Bertz CT molecular complexity index is 1140. The molecule has 25 heavy (non-hydrogen) atoms. The van der Waals surface area contributed by atoms with Gasteiger partial charge in [0.25, 0.3) is 10.9 Å². The van der Waals surface area contributed by atoms with Crippen molar-refractivity contribution in [2.45, 2.75) is 6.54 Å². The van der Waals surface area contributed by atoms with Gasteiger partial charge in [0.1, 0.15) is 22.8 Å². The number of anilines is 3. The molecule has 0 saturated heterocycles. The Morgan fingerprint density at radius 3 is 2.76 bits per heavy atom. The zero-order valence-electron chi connectivity index (χ0n) is 13.1. The van der Waals surface area contributed by atoms with E-state index in [-0.39, 0.29) is 17.1 Å². The third kappa shape index (κ3) is 2.72.